The van der Waals surface area contributed by atoms with Gasteiger partial charge in [0.1, 0.15) is 23.0 Å². The molecule has 3 nitrogen and oxygen atoms in total. The van der Waals surface area contributed by atoms with E-state index in [4.69, 9.17) is 10.8 Å². The van der Waals surface area contributed by atoms with E-state index in [-0.39, 0.29) is 6.42 Å². The summed E-state index contributed by atoms with van der Waals surface area (Å²) in [5, 5.41) is 9.07. The van der Waals surface area contributed by atoms with E-state index >= 15 is 0 Å². The zero-order valence-electron chi connectivity index (χ0n) is 9.54. The van der Waals surface area contributed by atoms with Crippen molar-refractivity contribution in [2.45, 2.75) is 12.0 Å². The van der Waals surface area contributed by atoms with Crippen LogP contribution in [0.25, 0.3) is 0 Å². The molecule has 0 radical (unpaired) electrons. The Balaban J connectivity index is 3.34. The Hall–Kier alpha value is -1.21. The van der Waals surface area contributed by atoms with Gasteiger partial charge in [-0.2, -0.15) is 11.8 Å². The van der Waals surface area contributed by atoms with Gasteiger partial charge in [-0.15, -0.1) is 0 Å². The van der Waals surface area contributed by atoms with Crippen molar-refractivity contribution in [3.8, 4) is 0 Å². The number of halogens is 3. The molecule has 0 amide bonds. The van der Waals surface area contributed by atoms with Crippen LogP contribution in [0.2, 0.25) is 0 Å². The Morgan fingerprint density at radius 1 is 1.39 bits per heavy atom. The minimum absolute atomic E-state index is 0.164. The molecule has 0 aliphatic rings. The van der Waals surface area contributed by atoms with Gasteiger partial charge in [-0.05, 0) is 18.4 Å². The molecule has 0 fully saturated rings. The molecule has 0 aliphatic carbocycles. The molecule has 18 heavy (non-hydrogen) atoms. The van der Waals surface area contributed by atoms with Crippen molar-refractivity contribution in [3.05, 3.63) is 35.1 Å². The molecular formula is C11H12F3NO2S. The normalized spacial score (nSPS) is 14.3. The van der Waals surface area contributed by atoms with Gasteiger partial charge in [0.2, 0.25) is 0 Å². The maximum Gasteiger partial charge on any atom is 0.328 e. The molecule has 100 valence electrons. The van der Waals surface area contributed by atoms with Gasteiger partial charge in [0.25, 0.3) is 0 Å². The number of hydrogen-bond donors (Lipinski definition) is 2. The van der Waals surface area contributed by atoms with E-state index in [0.29, 0.717) is 17.9 Å². The number of thioether (sulfide) groups is 1. The molecule has 7 heteroatoms. The maximum absolute atomic E-state index is 13.6. The Labute approximate surface area is 106 Å². The monoisotopic (exact) mass is 279 g/mol. The lowest BCUT2D eigenvalue weighted by Crippen LogP contribution is -2.47. The summed E-state index contributed by atoms with van der Waals surface area (Å²) in [5.74, 6) is -4.96. The summed E-state index contributed by atoms with van der Waals surface area (Å²) in [7, 11) is 0. The van der Waals surface area contributed by atoms with Crippen LogP contribution in [0, 0.1) is 17.5 Å². The first-order chi connectivity index (χ1) is 8.32. The molecule has 0 saturated carbocycles. The second-order valence-electron chi connectivity index (χ2n) is 3.76. The van der Waals surface area contributed by atoms with E-state index in [1.54, 1.807) is 6.26 Å². The highest BCUT2D eigenvalue weighted by atomic mass is 32.2. The number of hydrogen-bond acceptors (Lipinski definition) is 3. The topological polar surface area (TPSA) is 63.3 Å². The van der Waals surface area contributed by atoms with Crippen LogP contribution in [0.4, 0.5) is 13.2 Å². The molecule has 0 saturated heterocycles. The van der Waals surface area contributed by atoms with E-state index in [0.717, 1.165) is 0 Å². The molecule has 3 N–H and O–H groups in total. The number of carboxylic acid groups (broad SMARTS) is 1. The molecule has 0 aliphatic heterocycles. The molecule has 0 bridgehead atoms. The highest BCUT2D eigenvalue weighted by Crippen LogP contribution is 2.29. The zero-order valence-corrected chi connectivity index (χ0v) is 10.4. The van der Waals surface area contributed by atoms with Crippen LogP contribution >= 0.6 is 11.8 Å². The van der Waals surface area contributed by atoms with E-state index < -0.39 is 34.5 Å². The lowest BCUT2D eigenvalue weighted by molar-refractivity contribution is -0.144. The zero-order chi connectivity index (χ0) is 13.9. The fourth-order valence-corrected chi connectivity index (χ4v) is 2.10. The highest BCUT2D eigenvalue weighted by molar-refractivity contribution is 7.98. The van der Waals surface area contributed by atoms with Gasteiger partial charge < -0.3 is 10.8 Å². The van der Waals surface area contributed by atoms with Gasteiger partial charge in [0.15, 0.2) is 0 Å². The fraction of sp³-hybridized carbons (Fsp3) is 0.364. The van der Waals surface area contributed by atoms with E-state index in [1.807, 2.05) is 0 Å². The summed E-state index contributed by atoms with van der Waals surface area (Å²) in [5.41, 5.74) is 2.57. The lowest BCUT2D eigenvalue weighted by atomic mass is 9.87. The van der Waals surface area contributed by atoms with Crippen LogP contribution in [-0.4, -0.2) is 23.1 Å². The maximum atomic E-state index is 13.6. The number of aliphatic carboxylic acids is 1. The largest absolute Gasteiger partial charge is 0.480 e. The fourth-order valence-electron chi connectivity index (χ4n) is 1.57. The quantitative estimate of drug-likeness (QED) is 0.866. The van der Waals surface area contributed by atoms with Crippen LogP contribution in [0.15, 0.2) is 12.1 Å². The number of nitrogens with two attached hydrogens (primary N) is 1. The van der Waals surface area contributed by atoms with Crippen LogP contribution in [-0.2, 0) is 10.3 Å². The first-order valence-electron chi connectivity index (χ1n) is 4.99. The Morgan fingerprint density at radius 3 is 2.28 bits per heavy atom. The summed E-state index contributed by atoms with van der Waals surface area (Å²) >= 11 is 1.29. The summed E-state index contributed by atoms with van der Waals surface area (Å²) in [6.07, 6.45) is 1.54. The van der Waals surface area contributed by atoms with E-state index in [2.05, 4.69) is 0 Å². The minimum atomic E-state index is -2.20. The van der Waals surface area contributed by atoms with Crippen molar-refractivity contribution in [1.82, 2.24) is 0 Å². The van der Waals surface area contributed by atoms with Crippen molar-refractivity contribution >= 4 is 17.7 Å². The molecule has 1 rings (SSSR count). The second-order valence-corrected chi connectivity index (χ2v) is 4.75. The van der Waals surface area contributed by atoms with Crippen molar-refractivity contribution in [1.29, 1.82) is 0 Å². The summed E-state index contributed by atoms with van der Waals surface area (Å²) < 4.78 is 39.9. The molecule has 1 atom stereocenters. The third kappa shape index (κ3) is 2.78. The summed E-state index contributed by atoms with van der Waals surface area (Å²) in [6, 6.07) is 0.837. The van der Waals surface area contributed by atoms with Crippen LogP contribution < -0.4 is 5.73 Å². The lowest BCUT2D eigenvalue weighted by Gasteiger charge is -2.25. The van der Waals surface area contributed by atoms with Crippen LogP contribution in [0.5, 0.6) is 0 Å². The van der Waals surface area contributed by atoms with Gasteiger partial charge in [0.05, 0.1) is 5.56 Å². The second kappa shape index (κ2) is 5.62. The van der Waals surface area contributed by atoms with Crippen molar-refractivity contribution < 1.29 is 23.1 Å². The minimum Gasteiger partial charge on any atom is -0.480 e. The molecule has 1 aromatic rings. The van der Waals surface area contributed by atoms with Gasteiger partial charge in [0, 0.05) is 12.1 Å². The molecule has 0 spiro atoms. The molecule has 0 heterocycles. The average molecular weight is 279 g/mol. The molecule has 1 unspecified atom stereocenters. The SMILES string of the molecule is CSCCC(N)(C(=O)O)c1c(F)cc(F)cc1F. The molecule has 0 aromatic heterocycles. The standard InChI is InChI=1S/C11H12F3NO2S/c1-18-3-2-11(15,10(16)17)9-7(13)4-6(12)5-8(9)14/h4-5H,2-3,15H2,1H3,(H,16,17). The predicted octanol–water partition coefficient (Wildman–Crippen LogP) is 2.10. The Morgan fingerprint density at radius 2 is 1.89 bits per heavy atom. The van der Waals surface area contributed by atoms with E-state index in [1.165, 1.54) is 11.8 Å². The Bertz CT molecular complexity index is 447. The first-order valence-corrected chi connectivity index (χ1v) is 6.38. The predicted molar refractivity (Wildman–Crippen MR) is 62.8 cm³/mol. The van der Waals surface area contributed by atoms with Crippen molar-refractivity contribution in [2.75, 3.05) is 12.0 Å². The highest BCUT2D eigenvalue weighted by Gasteiger charge is 2.40. The van der Waals surface area contributed by atoms with Crippen LogP contribution in [0.3, 0.4) is 0 Å². The molecular weight excluding hydrogens is 267 g/mol. The van der Waals surface area contributed by atoms with Gasteiger partial charge in [-0.1, -0.05) is 0 Å². The van der Waals surface area contributed by atoms with Crippen molar-refractivity contribution in [3.63, 3.8) is 0 Å². The molecule has 1 aromatic carbocycles. The summed E-state index contributed by atoms with van der Waals surface area (Å²) in [6.45, 7) is 0. The number of rotatable bonds is 5. The smallest absolute Gasteiger partial charge is 0.328 e. The van der Waals surface area contributed by atoms with Gasteiger partial charge in [-0.3, -0.25) is 0 Å². The van der Waals surface area contributed by atoms with Crippen LogP contribution in [0.1, 0.15) is 12.0 Å². The van der Waals surface area contributed by atoms with Gasteiger partial charge >= 0.3 is 5.97 Å². The first kappa shape index (κ1) is 14.8. The summed E-state index contributed by atoms with van der Waals surface area (Å²) in [4.78, 5) is 11.2. The van der Waals surface area contributed by atoms with Gasteiger partial charge in [-0.25, -0.2) is 18.0 Å². The van der Waals surface area contributed by atoms with E-state index in [9.17, 15) is 18.0 Å². The van der Waals surface area contributed by atoms with Crippen molar-refractivity contribution in [2.24, 2.45) is 5.73 Å². The number of carboxylic acids is 1. The average Bonchev–Trinajstić information content (AvgIpc) is 2.24. The third-order valence-corrected chi connectivity index (χ3v) is 3.15. The number of benzene rings is 1. The Kier molecular flexibility index (Phi) is 4.64. The third-order valence-electron chi connectivity index (χ3n) is 2.54. The number of carbonyl (C=O) groups is 1.